The van der Waals surface area contributed by atoms with Gasteiger partial charge in [-0.15, -0.1) is 0 Å². The van der Waals surface area contributed by atoms with Crippen molar-refractivity contribution in [1.82, 2.24) is 5.32 Å². The molecule has 1 aliphatic rings. The topological polar surface area (TPSA) is 50.4 Å². The summed E-state index contributed by atoms with van der Waals surface area (Å²) in [5.74, 6) is 0.505. The molecule has 0 atom stereocenters. The molecule has 0 radical (unpaired) electrons. The van der Waals surface area contributed by atoms with Gasteiger partial charge in [0.05, 0.1) is 6.61 Å². The number of para-hydroxylation sites is 1. The Morgan fingerprint density at radius 3 is 2.72 bits per heavy atom. The molecule has 2 rings (SSSR count). The molecule has 1 aromatic rings. The van der Waals surface area contributed by atoms with E-state index in [-0.39, 0.29) is 12.5 Å². The molecule has 0 unspecified atom stereocenters. The van der Waals surface area contributed by atoms with Crippen molar-refractivity contribution in [2.24, 2.45) is 5.92 Å². The van der Waals surface area contributed by atoms with Crippen LogP contribution < -0.4 is 10.6 Å². The van der Waals surface area contributed by atoms with Gasteiger partial charge in [-0.3, -0.25) is 4.79 Å². The number of ether oxygens (including phenoxy) is 1. The van der Waals surface area contributed by atoms with E-state index < -0.39 is 0 Å². The lowest BCUT2D eigenvalue weighted by Gasteiger charge is -2.22. The molecule has 1 aromatic carbocycles. The highest BCUT2D eigenvalue weighted by atomic mass is 16.5. The predicted molar refractivity (Wildman–Crippen MR) is 71.5 cm³/mol. The van der Waals surface area contributed by atoms with E-state index >= 15 is 0 Å². The van der Waals surface area contributed by atoms with Gasteiger partial charge in [-0.05, 0) is 44.0 Å². The van der Waals surface area contributed by atoms with Crippen molar-refractivity contribution in [3.8, 4) is 0 Å². The van der Waals surface area contributed by atoms with E-state index in [0.717, 1.165) is 31.6 Å². The first-order valence-corrected chi connectivity index (χ1v) is 6.48. The summed E-state index contributed by atoms with van der Waals surface area (Å²) in [6.07, 6.45) is 2.28. The van der Waals surface area contributed by atoms with Gasteiger partial charge in [-0.2, -0.15) is 0 Å². The van der Waals surface area contributed by atoms with Gasteiger partial charge in [0.25, 0.3) is 0 Å². The molecule has 0 aliphatic carbocycles. The largest absolute Gasteiger partial charge is 0.371 e. The van der Waals surface area contributed by atoms with Crippen LogP contribution in [-0.2, 0) is 9.53 Å². The normalized spacial score (nSPS) is 16.4. The molecule has 0 saturated carbocycles. The van der Waals surface area contributed by atoms with Gasteiger partial charge in [0.1, 0.15) is 6.61 Å². The van der Waals surface area contributed by atoms with Crippen LogP contribution in [0.3, 0.4) is 0 Å². The fraction of sp³-hybridized carbons (Fsp3) is 0.500. The Morgan fingerprint density at radius 2 is 2.00 bits per heavy atom. The van der Waals surface area contributed by atoms with Crippen LogP contribution >= 0.6 is 0 Å². The standard InChI is InChI=1S/C14H20N2O2/c17-14(16-13-4-2-1-3-5-13)11-18-10-12-6-8-15-9-7-12/h1-5,12,15H,6-11H2,(H,16,17). The number of hydrogen-bond acceptors (Lipinski definition) is 3. The van der Waals surface area contributed by atoms with Crippen molar-refractivity contribution < 1.29 is 9.53 Å². The molecule has 2 N–H and O–H groups in total. The second-order valence-electron chi connectivity index (χ2n) is 4.62. The highest BCUT2D eigenvalue weighted by Gasteiger charge is 2.13. The molecule has 98 valence electrons. The quantitative estimate of drug-likeness (QED) is 0.833. The summed E-state index contributed by atoms with van der Waals surface area (Å²) in [6, 6.07) is 9.44. The smallest absolute Gasteiger partial charge is 0.250 e. The Balaban J connectivity index is 1.62. The van der Waals surface area contributed by atoms with Crippen LogP contribution in [-0.4, -0.2) is 32.2 Å². The van der Waals surface area contributed by atoms with Crippen LogP contribution in [0.25, 0.3) is 0 Å². The number of nitrogens with one attached hydrogen (secondary N) is 2. The van der Waals surface area contributed by atoms with E-state index in [1.165, 1.54) is 0 Å². The first-order valence-electron chi connectivity index (χ1n) is 6.48. The van der Waals surface area contributed by atoms with E-state index in [4.69, 9.17) is 4.74 Å². The van der Waals surface area contributed by atoms with Crippen LogP contribution in [0, 0.1) is 5.92 Å². The molecular formula is C14H20N2O2. The fourth-order valence-electron chi connectivity index (χ4n) is 2.09. The number of rotatable bonds is 5. The molecule has 0 aromatic heterocycles. The summed E-state index contributed by atoms with van der Waals surface area (Å²) in [7, 11) is 0. The number of carbonyl (C=O) groups excluding carboxylic acids is 1. The van der Waals surface area contributed by atoms with Crippen molar-refractivity contribution in [1.29, 1.82) is 0 Å². The van der Waals surface area contributed by atoms with E-state index in [1.54, 1.807) is 0 Å². The Morgan fingerprint density at radius 1 is 1.28 bits per heavy atom. The van der Waals surface area contributed by atoms with E-state index in [1.807, 2.05) is 30.3 Å². The molecule has 1 amide bonds. The van der Waals surface area contributed by atoms with E-state index in [0.29, 0.717) is 12.5 Å². The Kier molecular flexibility index (Phi) is 5.17. The Hall–Kier alpha value is -1.39. The lowest BCUT2D eigenvalue weighted by molar-refractivity contribution is -0.121. The third-order valence-corrected chi connectivity index (χ3v) is 3.10. The lowest BCUT2D eigenvalue weighted by Crippen LogP contribution is -2.30. The monoisotopic (exact) mass is 248 g/mol. The fourth-order valence-corrected chi connectivity index (χ4v) is 2.09. The first-order chi connectivity index (χ1) is 8.84. The zero-order chi connectivity index (χ0) is 12.6. The van der Waals surface area contributed by atoms with Crippen LogP contribution in [0.15, 0.2) is 30.3 Å². The Labute approximate surface area is 108 Å². The van der Waals surface area contributed by atoms with Crippen LogP contribution in [0.2, 0.25) is 0 Å². The van der Waals surface area contributed by atoms with Crippen LogP contribution in [0.1, 0.15) is 12.8 Å². The SMILES string of the molecule is O=C(COCC1CCNCC1)Nc1ccccc1. The van der Waals surface area contributed by atoms with Gasteiger partial charge in [0.2, 0.25) is 5.91 Å². The van der Waals surface area contributed by atoms with Crippen molar-refractivity contribution >= 4 is 11.6 Å². The highest BCUT2D eigenvalue weighted by Crippen LogP contribution is 2.11. The molecule has 0 bridgehead atoms. The van der Waals surface area contributed by atoms with Crippen molar-refractivity contribution in [2.45, 2.75) is 12.8 Å². The maximum absolute atomic E-state index is 11.6. The van der Waals surface area contributed by atoms with E-state index in [9.17, 15) is 4.79 Å². The van der Waals surface area contributed by atoms with Crippen molar-refractivity contribution in [3.63, 3.8) is 0 Å². The summed E-state index contributed by atoms with van der Waals surface area (Å²) in [6.45, 7) is 2.94. The second kappa shape index (κ2) is 7.13. The molecule has 1 aliphatic heterocycles. The highest BCUT2D eigenvalue weighted by molar-refractivity contribution is 5.91. The van der Waals surface area contributed by atoms with Crippen molar-refractivity contribution in [3.05, 3.63) is 30.3 Å². The maximum atomic E-state index is 11.6. The zero-order valence-electron chi connectivity index (χ0n) is 10.5. The molecule has 1 heterocycles. The molecule has 4 heteroatoms. The van der Waals surface area contributed by atoms with Crippen molar-refractivity contribution in [2.75, 3.05) is 31.6 Å². The molecule has 18 heavy (non-hydrogen) atoms. The molecule has 1 fully saturated rings. The minimum Gasteiger partial charge on any atom is -0.371 e. The summed E-state index contributed by atoms with van der Waals surface area (Å²) in [4.78, 5) is 11.6. The average molecular weight is 248 g/mol. The van der Waals surface area contributed by atoms with Gasteiger partial charge < -0.3 is 15.4 Å². The predicted octanol–water partition coefficient (Wildman–Crippen LogP) is 1.64. The molecule has 0 spiro atoms. The van der Waals surface area contributed by atoms with E-state index in [2.05, 4.69) is 10.6 Å². The lowest BCUT2D eigenvalue weighted by atomic mass is 9.99. The molecular weight excluding hydrogens is 228 g/mol. The van der Waals surface area contributed by atoms with Gasteiger partial charge >= 0.3 is 0 Å². The number of anilines is 1. The number of hydrogen-bond donors (Lipinski definition) is 2. The minimum atomic E-state index is -0.0878. The zero-order valence-corrected chi connectivity index (χ0v) is 10.5. The number of carbonyl (C=O) groups is 1. The third-order valence-electron chi connectivity index (χ3n) is 3.10. The summed E-state index contributed by atoms with van der Waals surface area (Å²) in [5.41, 5.74) is 0.813. The average Bonchev–Trinajstić information content (AvgIpc) is 2.41. The first kappa shape index (κ1) is 13.1. The number of piperidine rings is 1. The van der Waals surface area contributed by atoms with Gasteiger partial charge in [-0.1, -0.05) is 18.2 Å². The van der Waals surface area contributed by atoms with Gasteiger partial charge in [0, 0.05) is 5.69 Å². The van der Waals surface area contributed by atoms with Gasteiger partial charge in [-0.25, -0.2) is 0 Å². The Bertz CT molecular complexity index is 361. The van der Waals surface area contributed by atoms with Crippen LogP contribution in [0.4, 0.5) is 5.69 Å². The summed E-state index contributed by atoms with van der Waals surface area (Å²) >= 11 is 0. The molecule has 1 saturated heterocycles. The van der Waals surface area contributed by atoms with Crippen LogP contribution in [0.5, 0.6) is 0 Å². The number of amides is 1. The summed E-state index contributed by atoms with van der Waals surface area (Å²) in [5, 5.41) is 6.12. The minimum absolute atomic E-state index is 0.0878. The maximum Gasteiger partial charge on any atom is 0.250 e. The number of benzene rings is 1. The molecule has 4 nitrogen and oxygen atoms in total. The second-order valence-corrected chi connectivity index (χ2v) is 4.62. The van der Waals surface area contributed by atoms with Gasteiger partial charge in [0.15, 0.2) is 0 Å². The third kappa shape index (κ3) is 4.47. The summed E-state index contributed by atoms with van der Waals surface area (Å²) < 4.78 is 5.47.